The van der Waals surface area contributed by atoms with Crippen molar-refractivity contribution in [3.63, 3.8) is 0 Å². The number of ketones is 1. The summed E-state index contributed by atoms with van der Waals surface area (Å²) in [4.78, 5) is 12.3. The molecule has 0 amide bonds. The molecule has 0 atom stereocenters. The highest BCUT2D eigenvalue weighted by Crippen LogP contribution is 2.45. The lowest BCUT2D eigenvalue weighted by atomic mass is 10.1. The zero-order chi connectivity index (χ0) is 13.6. The minimum Gasteiger partial charge on any atom is -0.288 e. The molecule has 9 heteroatoms. The van der Waals surface area contributed by atoms with Gasteiger partial charge in [0.2, 0.25) is 5.78 Å². The molecule has 18 heavy (non-hydrogen) atoms. The molecule has 0 aliphatic carbocycles. The Bertz CT molecular complexity index is 590. The van der Waals surface area contributed by atoms with Crippen molar-refractivity contribution in [3.05, 3.63) is 38.5 Å². The fourth-order valence-corrected chi connectivity index (χ4v) is 5.03. The van der Waals surface area contributed by atoms with Gasteiger partial charge in [0.05, 0.1) is 21.2 Å². The van der Waals surface area contributed by atoms with Crippen LogP contribution in [0.1, 0.15) is 15.9 Å². The van der Waals surface area contributed by atoms with E-state index in [1.165, 1.54) is 0 Å². The molecule has 0 saturated heterocycles. The second kappa shape index (κ2) is 5.66. The van der Waals surface area contributed by atoms with Gasteiger partial charge in [-0.15, -0.1) is 22.7 Å². The van der Waals surface area contributed by atoms with E-state index in [2.05, 4.69) is 0 Å². The van der Waals surface area contributed by atoms with E-state index >= 15 is 0 Å². The standard InChI is InChI=1S/C9Cl6OS2/c10-3-1(6(12)17-8(3)14)5(16)2-4(11)9(15)18-7(2)13. The Kier molecular flexibility index (Phi) is 4.78. The highest BCUT2D eigenvalue weighted by Gasteiger charge is 2.28. The summed E-state index contributed by atoms with van der Waals surface area (Å²) >= 11 is 37.3. The third kappa shape index (κ3) is 2.52. The second-order valence-corrected chi connectivity index (χ2v) is 8.21. The Hall–Kier alpha value is 0.810. The van der Waals surface area contributed by atoms with Crippen molar-refractivity contribution in [3.8, 4) is 0 Å². The fraction of sp³-hybridized carbons (Fsp3) is 0. The number of carbonyl (C=O) groups is 1. The highest BCUT2D eigenvalue weighted by molar-refractivity contribution is 7.22. The average molecular weight is 401 g/mol. The molecule has 0 spiro atoms. The lowest BCUT2D eigenvalue weighted by molar-refractivity contribution is 0.104. The number of hydrogen-bond acceptors (Lipinski definition) is 3. The van der Waals surface area contributed by atoms with Gasteiger partial charge >= 0.3 is 0 Å². The highest BCUT2D eigenvalue weighted by atomic mass is 35.5. The summed E-state index contributed by atoms with van der Waals surface area (Å²) in [6, 6.07) is 0. The molecular weight excluding hydrogens is 401 g/mol. The van der Waals surface area contributed by atoms with Crippen molar-refractivity contribution >= 4 is 98.1 Å². The third-order valence-corrected chi connectivity index (χ3v) is 6.38. The molecule has 0 saturated carbocycles. The van der Waals surface area contributed by atoms with Crippen LogP contribution in [0, 0.1) is 0 Å². The van der Waals surface area contributed by atoms with Crippen molar-refractivity contribution in [1.82, 2.24) is 0 Å². The van der Waals surface area contributed by atoms with Crippen LogP contribution in [0.15, 0.2) is 0 Å². The smallest absolute Gasteiger partial charge is 0.200 e. The van der Waals surface area contributed by atoms with Crippen molar-refractivity contribution < 1.29 is 4.79 Å². The molecule has 0 fully saturated rings. The van der Waals surface area contributed by atoms with Gasteiger partial charge < -0.3 is 0 Å². The van der Waals surface area contributed by atoms with Gasteiger partial charge in [-0.05, 0) is 0 Å². The van der Waals surface area contributed by atoms with Gasteiger partial charge in [0.25, 0.3) is 0 Å². The van der Waals surface area contributed by atoms with Gasteiger partial charge in [-0.25, -0.2) is 0 Å². The van der Waals surface area contributed by atoms with E-state index in [0.717, 1.165) is 22.7 Å². The van der Waals surface area contributed by atoms with Gasteiger partial charge in [-0.3, -0.25) is 4.79 Å². The molecule has 0 radical (unpaired) electrons. The second-order valence-electron chi connectivity index (χ2n) is 3.01. The summed E-state index contributed by atoms with van der Waals surface area (Å²) in [5.74, 6) is -0.494. The maximum atomic E-state index is 12.3. The minimum absolute atomic E-state index is 0.0890. The number of carbonyl (C=O) groups excluding carboxylic acids is 1. The molecular formula is C9Cl6OS2. The summed E-state index contributed by atoms with van der Waals surface area (Å²) in [6.07, 6.45) is 0. The summed E-state index contributed by atoms with van der Waals surface area (Å²) in [5.41, 5.74) is 0.179. The first kappa shape index (κ1) is 15.2. The predicted octanol–water partition coefficient (Wildman–Crippen LogP) is 6.96. The minimum atomic E-state index is -0.494. The van der Waals surface area contributed by atoms with E-state index in [0.29, 0.717) is 0 Å². The summed E-state index contributed by atoms with van der Waals surface area (Å²) in [6.45, 7) is 0. The van der Waals surface area contributed by atoms with Crippen molar-refractivity contribution in [2.75, 3.05) is 0 Å². The molecule has 2 heterocycles. The molecule has 1 nitrogen and oxygen atoms in total. The van der Waals surface area contributed by atoms with Crippen molar-refractivity contribution in [2.24, 2.45) is 0 Å². The van der Waals surface area contributed by atoms with Crippen LogP contribution in [0.3, 0.4) is 0 Å². The maximum absolute atomic E-state index is 12.3. The maximum Gasteiger partial charge on any atom is 0.200 e. The van der Waals surface area contributed by atoms with Gasteiger partial charge in [-0.1, -0.05) is 69.6 Å². The quantitative estimate of drug-likeness (QED) is 0.498. The molecule has 0 aliphatic heterocycles. The molecule has 0 aliphatic rings. The Morgan fingerprint density at radius 3 is 1.22 bits per heavy atom. The van der Waals surface area contributed by atoms with Crippen LogP contribution < -0.4 is 0 Å². The van der Waals surface area contributed by atoms with Crippen LogP contribution in [-0.4, -0.2) is 5.78 Å². The van der Waals surface area contributed by atoms with Gasteiger partial charge in [0.15, 0.2) is 0 Å². The number of halogens is 6. The third-order valence-electron chi connectivity index (χ3n) is 1.99. The zero-order valence-electron chi connectivity index (χ0n) is 7.99. The summed E-state index contributed by atoms with van der Waals surface area (Å²) in [5, 5.41) is 0.178. The Labute approximate surface area is 140 Å². The van der Waals surface area contributed by atoms with Crippen molar-refractivity contribution in [1.29, 1.82) is 0 Å². The monoisotopic (exact) mass is 398 g/mol. The molecule has 96 valence electrons. The first-order valence-electron chi connectivity index (χ1n) is 4.15. The van der Waals surface area contributed by atoms with Crippen LogP contribution >= 0.6 is 92.3 Å². The molecule has 2 aromatic heterocycles. The molecule has 0 unspecified atom stereocenters. The molecule has 0 N–H and O–H groups in total. The lowest BCUT2D eigenvalue weighted by Gasteiger charge is -2.00. The number of rotatable bonds is 2. The lowest BCUT2D eigenvalue weighted by Crippen LogP contribution is -2.01. The van der Waals surface area contributed by atoms with E-state index < -0.39 is 5.78 Å². The van der Waals surface area contributed by atoms with Crippen LogP contribution in [-0.2, 0) is 0 Å². The average Bonchev–Trinajstić information content (AvgIpc) is 2.66. The first-order valence-corrected chi connectivity index (χ1v) is 8.06. The van der Waals surface area contributed by atoms with Crippen molar-refractivity contribution in [2.45, 2.75) is 0 Å². The number of thiophene rings is 2. The summed E-state index contributed by atoms with van der Waals surface area (Å²) in [7, 11) is 0. The van der Waals surface area contributed by atoms with E-state index in [1.54, 1.807) is 0 Å². The zero-order valence-corrected chi connectivity index (χ0v) is 14.2. The topological polar surface area (TPSA) is 17.1 Å². The molecule has 0 bridgehead atoms. The first-order chi connectivity index (χ1) is 8.34. The van der Waals surface area contributed by atoms with Gasteiger partial charge in [0.1, 0.15) is 17.3 Å². The van der Waals surface area contributed by atoms with E-state index in [1.807, 2.05) is 0 Å². The van der Waals surface area contributed by atoms with Crippen LogP contribution in [0.2, 0.25) is 27.4 Å². The van der Waals surface area contributed by atoms with Crippen LogP contribution in [0.4, 0.5) is 0 Å². The van der Waals surface area contributed by atoms with Gasteiger partial charge in [-0.2, -0.15) is 0 Å². The fourth-order valence-electron chi connectivity index (χ4n) is 1.22. The largest absolute Gasteiger partial charge is 0.288 e. The van der Waals surface area contributed by atoms with Gasteiger partial charge in [0, 0.05) is 0 Å². The molecule has 0 aromatic carbocycles. The SMILES string of the molecule is O=C(c1c(Cl)sc(Cl)c1Cl)c1c(Cl)sc(Cl)c1Cl. The Morgan fingerprint density at radius 2 is 1.00 bits per heavy atom. The molecule has 2 aromatic rings. The van der Waals surface area contributed by atoms with Crippen LogP contribution in [0.5, 0.6) is 0 Å². The predicted molar refractivity (Wildman–Crippen MR) is 82.1 cm³/mol. The Morgan fingerprint density at radius 1 is 0.667 bits per heavy atom. The molecule has 2 rings (SSSR count). The number of hydrogen-bond donors (Lipinski definition) is 0. The van der Waals surface area contributed by atoms with E-state index in [-0.39, 0.29) is 38.5 Å². The van der Waals surface area contributed by atoms with Crippen LogP contribution in [0.25, 0.3) is 0 Å². The Balaban J connectivity index is 2.62. The van der Waals surface area contributed by atoms with E-state index in [9.17, 15) is 4.79 Å². The normalized spacial score (nSPS) is 11.0. The summed E-state index contributed by atoms with van der Waals surface area (Å²) < 4.78 is 0.839. The van der Waals surface area contributed by atoms with E-state index in [4.69, 9.17) is 69.6 Å².